The first-order valence-corrected chi connectivity index (χ1v) is 8.64. The fraction of sp³-hybridized carbons (Fsp3) is 0.0556. The highest BCUT2D eigenvalue weighted by molar-refractivity contribution is 7.80. The van der Waals surface area contributed by atoms with Gasteiger partial charge in [0.25, 0.3) is 11.8 Å². The summed E-state index contributed by atoms with van der Waals surface area (Å²) in [5, 5.41) is 5.71. The number of amides is 2. The number of thiocarbonyl (C=S) groups is 1. The van der Waals surface area contributed by atoms with Crippen molar-refractivity contribution in [2.45, 2.75) is 6.61 Å². The van der Waals surface area contributed by atoms with Crippen LogP contribution in [0, 0.1) is 0 Å². The molecule has 2 aromatic carbocycles. The van der Waals surface area contributed by atoms with Crippen LogP contribution in [0.2, 0.25) is 10.0 Å². The van der Waals surface area contributed by atoms with Gasteiger partial charge >= 0.3 is 0 Å². The van der Waals surface area contributed by atoms with Gasteiger partial charge < -0.3 is 4.74 Å². The summed E-state index contributed by atoms with van der Waals surface area (Å²) in [7, 11) is 0. The quantitative estimate of drug-likeness (QED) is 0.463. The van der Waals surface area contributed by atoms with Gasteiger partial charge in [0.15, 0.2) is 5.11 Å². The largest absolute Gasteiger partial charge is 0.489 e. The molecule has 0 atom stereocenters. The summed E-state index contributed by atoms with van der Waals surface area (Å²) in [6.45, 7) is 0.298. The minimum Gasteiger partial charge on any atom is -0.489 e. The highest BCUT2D eigenvalue weighted by Gasteiger charge is 2.25. The van der Waals surface area contributed by atoms with Crippen LogP contribution in [0.1, 0.15) is 11.1 Å². The van der Waals surface area contributed by atoms with Crippen molar-refractivity contribution in [3.63, 3.8) is 0 Å². The predicted octanol–water partition coefficient (Wildman–Crippen LogP) is 3.49. The minimum atomic E-state index is -0.541. The van der Waals surface area contributed by atoms with Crippen molar-refractivity contribution in [3.8, 4) is 5.75 Å². The lowest BCUT2D eigenvalue weighted by Gasteiger charge is -2.16. The van der Waals surface area contributed by atoms with Gasteiger partial charge in [-0.05, 0) is 53.7 Å². The molecule has 1 saturated heterocycles. The monoisotopic (exact) mass is 406 g/mol. The summed E-state index contributed by atoms with van der Waals surface area (Å²) >= 11 is 16.6. The van der Waals surface area contributed by atoms with E-state index in [1.54, 1.807) is 36.4 Å². The Morgan fingerprint density at radius 1 is 1.00 bits per heavy atom. The Kier molecular flexibility index (Phi) is 5.56. The summed E-state index contributed by atoms with van der Waals surface area (Å²) in [5.41, 5.74) is 1.48. The zero-order valence-corrected chi connectivity index (χ0v) is 15.5. The predicted molar refractivity (Wildman–Crippen MR) is 104 cm³/mol. The van der Waals surface area contributed by atoms with Crippen LogP contribution in [0.4, 0.5) is 0 Å². The second kappa shape index (κ2) is 7.86. The number of halogens is 2. The van der Waals surface area contributed by atoms with Gasteiger partial charge in [-0.15, -0.1) is 0 Å². The van der Waals surface area contributed by atoms with Crippen LogP contribution in [0.15, 0.2) is 48.0 Å². The van der Waals surface area contributed by atoms with E-state index in [1.165, 1.54) is 6.08 Å². The number of rotatable bonds is 4. The number of hydrogen-bond acceptors (Lipinski definition) is 4. The summed E-state index contributed by atoms with van der Waals surface area (Å²) in [4.78, 5) is 23.8. The molecule has 0 unspecified atom stereocenters. The van der Waals surface area contributed by atoms with Crippen molar-refractivity contribution in [2.75, 3.05) is 0 Å². The Balaban J connectivity index is 1.75. The van der Waals surface area contributed by atoms with Gasteiger partial charge in [-0.1, -0.05) is 41.4 Å². The molecule has 1 fully saturated rings. The van der Waals surface area contributed by atoms with Crippen molar-refractivity contribution in [1.29, 1.82) is 0 Å². The highest BCUT2D eigenvalue weighted by Crippen LogP contribution is 2.24. The summed E-state index contributed by atoms with van der Waals surface area (Å²) in [5.74, 6) is -0.501. The Hall–Kier alpha value is -2.41. The third-order valence-corrected chi connectivity index (χ3v) is 4.45. The van der Waals surface area contributed by atoms with E-state index < -0.39 is 11.8 Å². The van der Waals surface area contributed by atoms with Crippen molar-refractivity contribution >= 4 is 58.4 Å². The third-order valence-electron chi connectivity index (χ3n) is 3.50. The zero-order valence-electron chi connectivity index (χ0n) is 13.2. The Morgan fingerprint density at radius 3 is 2.42 bits per heavy atom. The first-order valence-electron chi connectivity index (χ1n) is 7.47. The maximum absolute atomic E-state index is 11.9. The van der Waals surface area contributed by atoms with Gasteiger partial charge in [0.2, 0.25) is 0 Å². The molecule has 0 spiro atoms. The summed E-state index contributed by atoms with van der Waals surface area (Å²) in [6, 6.07) is 12.3. The molecule has 8 heteroatoms. The maximum Gasteiger partial charge on any atom is 0.263 e. The van der Waals surface area contributed by atoms with Gasteiger partial charge in [0.1, 0.15) is 17.9 Å². The van der Waals surface area contributed by atoms with Gasteiger partial charge in [0, 0.05) is 0 Å². The Bertz CT molecular complexity index is 922. The summed E-state index contributed by atoms with van der Waals surface area (Å²) in [6.07, 6.45) is 1.47. The second-order valence-electron chi connectivity index (χ2n) is 5.41. The Morgan fingerprint density at radius 2 is 1.73 bits per heavy atom. The lowest BCUT2D eigenvalue weighted by Crippen LogP contribution is -2.51. The molecule has 0 aliphatic carbocycles. The average Bonchev–Trinajstić information content (AvgIpc) is 2.59. The number of ether oxygens (including phenoxy) is 1. The van der Waals surface area contributed by atoms with E-state index in [-0.39, 0.29) is 10.7 Å². The number of carbonyl (C=O) groups is 2. The van der Waals surface area contributed by atoms with Crippen LogP contribution in [0.3, 0.4) is 0 Å². The number of nitrogens with one attached hydrogen (secondary N) is 2. The van der Waals surface area contributed by atoms with E-state index in [4.69, 9.17) is 40.2 Å². The SMILES string of the molecule is O=C1NC(=S)NC(=O)C1=Cc1cccc(OCc2ccc(Cl)c(Cl)c2)c1. The van der Waals surface area contributed by atoms with Gasteiger partial charge in [-0.3, -0.25) is 20.2 Å². The first-order chi connectivity index (χ1) is 12.4. The van der Waals surface area contributed by atoms with E-state index in [2.05, 4.69) is 10.6 Å². The lowest BCUT2D eigenvalue weighted by atomic mass is 10.1. The fourth-order valence-corrected chi connectivity index (χ4v) is 2.77. The Labute approximate surface area is 164 Å². The van der Waals surface area contributed by atoms with E-state index in [9.17, 15) is 9.59 Å². The molecule has 2 amide bonds. The zero-order chi connectivity index (χ0) is 18.7. The highest BCUT2D eigenvalue weighted by atomic mass is 35.5. The molecule has 3 rings (SSSR count). The molecule has 1 heterocycles. The van der Waals surface area contributed by atoms with E-state index in [0.29, 0.717) is 28.0 Å². The van der Waals surface area contributed by atoms with Crippen LogP contribution in [-0.4, -0.2) is 16.9 Å². The van der Waals surface area contributed by atoms with Gasteiger partial charge in [-0.2, -0.15) is 0 Å². The number of carbonyl (C=O) groups excluding carboxylic acids is 2. The van der Waals surface area contributed by atoms with Crippen molar-refractivity contribution in [3.05, 3.63) is 69.2 Å². The summed E-state index contributed by atoms with van der Waals surface area (Å²) < 4.78 is 5.73. The van der Waals surface area contributed by atoms with Crippen molar-refractivity contribution in [1.82, 2.24) is 10.6 Å². The fourth-order valence-electron chi connectivity index (χ4n) is 2.26. The van der Waals surface area contributed by atoms with E-state index in [0.717, 1.165) is 5.56 Å². The molecule has 2 aromatic rings. The normalized spacial score (nSPS) is 13.9. The molecule has 0 saturated carbocycles. The third kappa shape index (κ3) is 4.40. The van der Waals surface area contributed by atoms with Gasteiger partial charge in [0.05, 0.1) is 10.0 Å². The minimum absolute atomic E-state index is 0.00383. The van der Waals surface area contributed by atoms with Crippen molar-refractivity contribution < 1.29 is 14.3 Å². The van der Waals surface area contributed by atoms with Gasteiger partial charge in [-0.25, -0.2) is 0 Å². The standard InChI is InChI=1S/C18H12Cl2N2O3S/c19-14-5-4-11(8-15(14)20)9-25-12-3-1-2-10(6-12)7-13-16(23)21-18(26)22-17(13)24/h1-8H,9H2,(H2,21,22,23,24,26). The second-order valence-corrected chi connectivity index (χ2v) is 6.63. The molecule has 0 bridgehead atoms. The maximum atomic E-state index is 11.9. The van der Waals surface area contributed by atoms with E-state index in [1.807, 2.05) is 6.07 Å². The molecule has 1 aliphatic rings. The topological polar surface area (TPSA) is 67.4 Å². The molecule has 26 heavy (non-hydrogen) atoms. The first kappa shape index (κ1) is 18.4. The molecule has 132 valence electrons. The molecular weight excluding hydrogens is 395 g/mol. The van der Waals surface area contributed by atoms with Crippen LogP contribution < -0.4 is 15.4 Å². The molecule has 0 radical (unpaired) electrons. The average molecular weight is 407 g/mol. The molecule has 1 aliphatic heterocycles. The van der Waals surface area contributed by atoms with E-state index >= 15 is 0 Å². The van der Waals surface area contributed by atoms with Crippen molar-refractivity contribution in [2.24, 2.45) is 0 Å². The van der Waals surface area contributed by atoms with Crippen LogP contribution in [-0.2, 0) is 16.2 Å². The smallest absolute Gasteiger partial charge is 0.263 e. The van der Waals surface area contributed by atoms with Crippen LogP contribution >= 0.6 is 35.4 Å². The van der Waals surface area contributed by atoms with Crippen LogP contribution in [0.25, 0.3) is 6.08 Å². The lowest BCUT2D eigenvalue weighted by molar-refractivity contribution is -0.123. The molecule has 2 N–H and O–H groups in total. The number of hydrogen-bond donors (Lipinski definition) is 2. The molecule has 0 aromatic heterocycles. The number of benzene rings is 2. The molecule has 5 nitrogen and oxygen atoms in total. The van der Waals surface area contributed by atoms with Crippen LogP contribution in [0.5, 0.6) is 5.75 Å². The molecular formula is C18H12Cl2N2O3S.